The number of Topliss-reactive ketones (excluding diaryl/α,β-unsaturated/α-hetero) is 1. The van der Waals surface area contributed by atoms with Gasteiger partial charge in [-0.3, -0.25) is 4.79 Å². The topological polar surface area (TPSA) is 78.4 Å². The molecule has 0 saturated carbocycles. The van der Waals surface area contributed by atoms with E-state index in [0.29, 0.717) is 6.54 Å². The highest BCUT2D eigenvalue weighted by atomic mass is 16.4. The van der Waals surface area contributed by atoms with Crippen LogP contribution in [0.2, 0.25) is 0 Å². The molecular formula is C30H38N2O3. The lowest BCUT2D eigenvalue weighted by Crippen LogP contribution is -2.25. The fourth-order valence-electron chi connectivity index (χ4n) is 3.68. The monoisotopic (exact) mass is 474 g/mol. The maximum atomic E-state index is 11.8. The summed E-state index contributed by atoms with van der Waals surface area (Å²) in [6.45, 7) is 7.83. The number of rotatable bonds is 12. The van der Waals surface area contributed by atoms with Crippen molar-refractivity contribution in [1.82, 2.24) is 5.32 Å². The minimum absolute atomic E-state index is 0.176. The third-order valence-electron chi connectivity index (χ3n) is 6.01. The smallest absolute Gasteiger partial charge is 0.330 e. The minimum atomic E-state index is -0.887. The molecule has 0 heterocycles. The van der Waals surface area contributed by atoms with Crippen LogP contribution in [-0.4, -0.2) is 29.9 Å². The van der Waals surface area contributed by atoms with Crippen LogP contribution in [0, 0.1) is 12.8 Å². The van der Waals surface area contributed by atoms with E-state index < -0.39 is 12.0 Å². The summed E-state index contributed by atoms with van der Waals surface area (Å²) in [5.74, 6) is 0.0752. The van der Waals surface area contributed by atoms with Crippen molar-refractivity contribution in [2.45, 2.75) is 46.1 Å². The molecule has 3 aromatic carbocycles. The van der Waals surface area contributed by atoms with Gasteiger partial charge >= 0.3 is 5.97 Å². The number of carbonyl (C=O) groups is 2. The molecule has 0 aliphatic heterocycles. The normalized spacial score (nSPS) is 11.3. The van der Waals surface area contributed by atoms with Gasteiger partial charge in [-0.1, -0.05) is 105 Å². The van der Waals surface area contributed by atoms with Gasteiger partial charge in [-0.15, -0.1) is 0 Å². The van der Waals surface area contributed by atoms with Gasteiger partial charge < -0.3 is 15.7 Å². The zero-order valence-corrected chi connectivity index (χ0v) is 21.0. The first-order valence-electron chi connectivity index (χ1n) is 12.3. The predicted molar refractivity (Wildman–Crippen MR) is 144 cm³/mol. The van der Waals surface area contributed by atoms with Crippen LogP contribution in [0.15, 0.2) is 84.9 Å². The molecule has 3 rings (SSSR count). The minimum Gasteiger partial charge on any atom is -0.479 e. The Hall–Kier alpha value is -3.44. The van der Waals surface area contributed by atoms with Gasteiger partial charge in [-0.05, 0) is 43.5 Å². The van der Waals surface area contributed by atoms with Crippen molar-refractivity contribution < 1.29 is 14.7 Å². The Morgan fingerprint density at radius 3 is 1.94 bits per heavy atom. The van der Waals surface area contributed by atoms with Gasteiger partial charge in [0.2, 0.25) is 0 Å². The van der Waals surface area contributed by atoms with Crippen molar-refractivity contribution in [2.75, 3.05) is 18.4 Å². The van der Waals surface area contributed by atoms with Crippen LogP contribution >= 0.6 is 0 Å². The van der Waals surface area contributed by atoms with Crippen molar-refractivity contribution in [3.05, 3.63) is 102 Å². The number of benzene rings is 3. The number of hydrogen-bond acceptors (Lipinski definition) is 4. The molecule has 5 heteroatoms. The molecule has 1 unspecified atom stereocenters. The first kappa shape index (κ1) is 27.8. The van der Waals surface area contributed by atoms with E-state index in [4.69, 9.17) is 0 Å². The second kappa shape index (κ2) is 15.5. The molecular weight excluding hydrogens is 436 g/mol. The molecule has 0 radical (unpaired) electrons. The molecule has 3 aromatic rings. The van der Waals surface area contributed by atoms with E-state index in [1.807, 2.05) is 79.7 Å². The number of ketones is 1. The molecule has 0 saturated heterocycles. The molecule has 0 aromatic heterocycles. The number of aryl methyl sites for hydroxylation is 1. The quantitative estimate of drug-likeness (QED) is 0.206. The molecule has 5 nitrogen and oxygen atoms in total. The maximum absolute atomic E-state index is 11.8. The van der Waals surface area contributed by atoms with E-state index in [1.165, 1.54) is 12.8 Å². The SMILES string of the molecule is CCC(CC)CCNCC(=O)c1ccccc1.Cc1ccc(NC(C(=O)O)c2ccccc2)cc1. The average molecular weight is 475 g/mol. The van der Waals surface area contributed by atoms with Gasteiger partial charge in [0.05, 0.1) is 6.54 Å². The van der Waals surface area contributed by atoms with Gasteiger partial charge in [0.1, 0.15) is 0 Å². The molecule has 1 atom stereocenters. The van der Waals surface area contributed by atoms with Crippen LogP contribution in [0.3, 0.4) is 0 Å². The Morgan fingerprint density at radius 2 is 1.40 bits per heavy atom. The molecule has 3 N–H and O–H groups in total. The molecule has 0 aliphatic carbocycles. The Balaban J connectivity index is 0.000000247. The lowest BCUT2D eigenvalue weighted by atomic mass is 10.00. The number of nitrogens with one attached hydrogen (secondary N) is 2. The second-order valence-corrected chi connectivity index (χ2v) is 8.63. The number of aliphatic carboxylic acids is 1. The molecule has 0 bridgehead atoms. The summed E-state index contributed by atoms with van der Waals surface area (Å²) in [5.41, 5.74) is 3.48. The Labute approximate surface area is 209 Å². The highest BCUT2D eigenvalue weighted by Gasteiger charge is 2.18. The summed E-state index contributed by atoms with van der Waals surface area (Å²) in [7, 11) is 0. The largest absolute Gasteiger partial charge is 0.479 e. The van der Waals surface area contributed by atoms with Crippen molar-refractivity contribution in [3.8, 4) is 0 Å². The van der Waals surface area contributed by atoms with E-state index in [9.17, 15) is 14.7 Å². The maximum Gasteiger partial charge on any atom is 0.330 e. The van der Waals surface area contributed by atoms with Crippen molar-refractivity contribution in [2.24, 2.45) is 5.92 Å². The molecule has 35 heavy (non-hydrogen) atoms. The van der Waals surface area contributed by atoms with Crippen molar-refractivity contribution in [1.29, 1.82) is 0 Å². The zero-order valence-electron chi connectivity index (χ0n) is 21.0. The summed E-state index contributed by atoms with van der Waals surface area (Å²) in [6, 6.07) is 25.6. The summed E-state index contributed by atoms with van der Waals surface area (Å²) >= 11 is 0. The van der Waals surface area contributed by atoms with E-state index in [2.05, 4.69) is 24.5 Å². The third-order valence-corrected chi connectivity index (χ3v) is 6.01. The van der Waals surface area contributed by atoms with Gasteiger partial charge in [0, 0.05) is 11.3 Å². The number of anilines is 1. The van der Waals surface area contributed by atoms with Crippen LogP contribution in [-0.2, 0) is 4.79 Å². The Morgan fingerprint density at radius 1 is 0.829 bits per heavy atom. The summed E-state index contributed by atoms with van der Waals surface area (Å²) in [6.07, 6.45) is 3.62. The summed E-state index contributed by atoms with van der Waals surface area (Å²) in [5, 5.41) is 15.5. The molecule has 0 spiro atoms. The fourth-order valence-corrected chi connectivity index (χ4v) is 3.68. The van der Waals surface area contributed by atoms with E-state index in [0.717, 1.165) is 41.3 Å². The van der Waals surface area contributed by atoms with Crippen LogP contribution < -0.4 is 10.6 Å². The van der Waals surface area contributed by atoms with Gasteiger partial charge in [-0.2, -0.15) is 0 Å². The van der Waals surface area contributed by atoms with E-state index in [-0.39, 0.29) is 5.78 Å². The lowest BCUT2D eigenvalue weighted by Gasteiger charge is -2.16. The molecule has 0 aliphatic rings. The predicted octanol–water partition coefficient (Wildman–Crippen LogP) is 6.52. The van der Waals surface area contributed by atoms with Crippen LogP contribution in [0.1, 0.15) is 60.6 Å². The zero-order chi connectivity index (χ0) is 25.5. The first-order valence-corrected chi connectivity index (χ1v) is 12.3. The number of carboxylic acid groups (broad SMARTS) is 1. The molecule has 0 amide bonds. The molecule has 186 valence electrons. The van der Waals surface area contributed by atoms with Gasteiger partial charge in [0.15, 0.2) is 11.8 Å². The lowest BCUT2D eigenvalue weighted by molar-refractivity contribution is -0.138. The van der Waals surface area contributed by atoms with Gasteiger partial charge in [0.25, 0.3) is 0 Å². The van der Waals surface area contributed by atoms with E-state index >= 15 is 0 Å². The number of hydrogen-bond donors (Lipinski definition) is 3. The first-order chi connectivity index (χ1) is 16.9. The summed E-state index contributed by atoms with van der Waals surface area (Å²) in [4.78, 5) is 23.1. The van der Waals surface area contributed by atoms with Crippen LogP contribution in [0.4, 0.5) is 5.69 Å². The van der Waals surface area contributed by atoms with Crippen LogP contribution in [0.25, 0.3) is 0 Å². The van der Waals surface area contributed by atoms with Crippen LogP contribution in [0.5, 0.6) is 0 Å². The standard InChI is InChI=1S/C15H15NO2.C15H23NO/c1-11-7-9-13(10-8-11)16-14(15(17)18)12-5-3-2-4-6-12;1-3-13(4-2)10-11-16-12-15(17)14-8-6-5-7-9-14/h2-10,14,16H,1H3,(H,17,18);5-9,13,16H,3-4,10-12H2,1-2H3. The summed E-state index contributed by atoms with van der Waals surface area (Å²) < 4.78 is 0. The van der Waals surface area contributed by atoms with Crippen molar-refractivity contribution in [3.63, 3.8) is 0 Å². The number of carboxylic acids is 1. The highest BCUT2D eigenvalue weighted by Crippen LogP contribution is 2.20. The van der Waals surface area contributed by atoms with Gasteiger partial charge in [-0.25, -0.2) is 4.79 Å². The van der Waals surface area contributed by atoms with Crippen molar-refractivity contribution >= 4 is 17.4 Å². The third kappa shape index (κ3) is 10.1. The number of carbonyl (C=O) groups excluding carboxylic acids is 1. The molecule has 0 fully saturated rings. The second-order valence-electron chi connectivity index (χ2n) is 8.63. The Kier molecular flexibility index (Phi) is 12.3. The Bertz CT molecular complexity index is 1000. The van der Waals surface area contributed by atoms with E-state index in [1.54, 1.807) is 12.1 Å². The fraction of sp³-hybridized carbons (Fsp3) is 0.333. The average Bonchev–Trinajstić information content (AvgIpc) is 2.89. The highest BCUT2D eigenvalue weighted by molar-refractivity contribution is 5.97.